The zero-order valence-electron chi connectivity index (χ0n) is 13.3. The first-order valence-corrected chi connectivity index (χ1v) is 7.74. The van der Waals surface area contributed by atoms with E-state index in [-0.39, 0.29) is 23.7 Å². The third-order valence-electron chi connectivity index (χ3n) is 4.24. The Morgan fingerprint density at radius 1 is 0.960 bits per heavy atom. The van der Waals surface area contributed by atoms with Gasteiger partial charge in [-0.3, -0.25) is 30.4 Å². The molecule has 2 aromatic heterocycles. The number of hydrogen-bond donors (Lipinski definition) is 4. The lowest BCUT2D eigenvalue weighted by molar-refractivity contribution is 0.0945. The van der Waals surface area contributed by atoms with Gasteiger partial charge in [0.25, 0.3) is 11.8 Å². The molecule has 0 radical (unpaired) electrons. The summed E-state index contributed by atoms with van der Waals surface area (Å²) in [6, 6.07) is 6.65. The van der Waals surface area contributed by atoms with E-state index in [1.54, 1.807) is 36.7 Å². The van der Waals surface area contributed by atoms with Crippen LogP contribution >= 0.6 is 0 Å². The van der Waals surface area contributed by atoms with Crippen LogP contribution in [0.15, 0.2) is 48.8 Å². The van der Waals surface area contributed by atoms with Gasteiger partial charge in [-0.15, -0.1) is 0 Å². The Balaban J connectivity index is 1.92. The predicted octanol–water partition coefficient (Wildman–Crippen LogP) is 0.511. The van der Waals surface area contributed by atoms with E-state index < -0.39 is 0 Å². The highest BCUT2D eigenvalue weighted by Crippen LogP contribution is 2.40. The maximum atomic E-state index is 11.7. The average Bonchev–Trinajstić information content (AvgIpc) is 3.16. The van der Waals surface area contributed by atoms with Crippen molar-refractivity contribution in [3.63, 3.8) is 0 Å². The number of pyridine rings is 2. The maximum Gasteiger partial charge on any atom is 0.265 e. The smallest absolute Gasteiger partial charge is 0.265 e. The number of carbonyl (C=O) groups is 2. The fraction of sp³-hybridized carbons (Fsp3) is 0.176. The Hall–Kier alpha value is -3.10. The Labute approximate surface area is 144 Å². The van der Waals surface area contributed by atoms with E-state index in [4.69, 9.17) is 11.7 Å². The number of nitrogens with two attached hydrogens (primary N) is 2. The fourth-order valence-electron chi connectivity index (χ4n) is 2.99. The van der Waals surface area contributed by atoms with E-state index in [0.29, 0.717) is 11.1 Å². The van der Waals surface area contributed by atoms with Crippen molar-refractivity contribution in [1.82, 2.24) is 20.8 Å². The zero-order chi connectivity index (χ0) is 17.8. The van der Waals surface area contributed by atoms with Crippen LogP contribution in [0.1, 0.15) is 50.4 Å². The van der Waals surface area contributed by atoms with Crippen molar-refractivity contribution in [2.75, 3.05) is 0 Å². The van der Waals surface area contributed by atoms with Gasteiger partial charge in [0.15, 0.2) is 0 Å². The van der Waals surface area contributed by atoms with Crippen LogP contribution in [0, 0.1) is 0 Å². The molecular formula is C17H18N6O2. The van der Waals surface area contributed by atoms with Crippen LogP contribution < -0.4 is 22.5 Å². The summed E-state index contributed by atoms with van der Waals surface area (Å²) in [5, 5.41) is 0. The van der Waals surface area contributed by atoms with Crippen LogP contribution in [0.5, 0.6) is 0 Å². The quantitative estimate of drug-likeness (QED) is 0.277. The minimum absolute atomic E-state index is 0.0224. The number of hydrogen-bond acceptors (Lipinski definition) is 6. The normalized spacial score (nSPS) is 18.8. The van der Waals surface area contributed by atoms with Crippen LogP contribution in [0.4, 0.5) is 0 Å². The number of amides is 2. The van der Waals surface area contributed by atoms with Gasteiger partial charge in [-0.2, -0.15) is 0 Å². The van der Waals surface area contributed by atoms with Gasteiger partial charge < -0.3 is 0 Å². The van der Waals surface area contributed by atoms with Crippen LogP contribution in [0.25, 0.3) is 0 Å². The SMILES string of the molecule is NNC(=O)c1ccnc(C2C=CCC2c2cc(C(=O)NN)ccn2)c1. The van der Waals surface area contributed by atoms with E-state index in [2.05, 4.69) is 20.8 Å². The lowest BCUT2D eigenvalue weighted by Crippen LogP contribution is -2.30. The summed E-state index contributed by atoms with van der Waals surface area (Å²) in [5.41, 5.74) is 6.64. The number of nitrogens with zero attached hydrogens (tertiary/aromatic N) is 2. The molecule has 8 heteroatoms. The molecule has 0 spiro atoms. The van der Waals surface area contributed by atoms with Crippen LogP contribution in [-0.2, 0) is 0 Å². The summed E-state index contributed by atoms with van der Waals surface area (Å²) < 4.78 is 0. The summed E-state index contributed by atoms with van der Waals surface area (Å²) in [6.45, 7) is 0. The molecule has 0 aliphatic heterocycles. The molecule has 6 N–H and O–H groups in total. The van der Waals surface area contributed by atoms with E-state index in [9.17, 15) is 9.59 Å². The molecule has 2 amide bonds. The minimum atomic E-state index is -0.373. The van der Waals surface area contributed by atoms with Gasteiger partial charge in [-0.05, 0) is 30.7 Å². The molecule has 2 aromatic rings. The van der Waals surface area contributed by atoms with Crippen LogP contribution in [0.3, 0.4) is 0 Å². The lowest BCUT2D eigenvalue weighted by Gasteiger charge is -2.19. The maximum absolute atomic E-state index is 11.7. The van der Waals surface area contributed by atoms with E-state index in [1.807, 2.05) is 12.2 Å². The van der Waals surface area contributed by atoms with E-state index >= 15 is 0 Å². The molecule has 0 saturated heterocycles. The number of nitrogen functional groups attached to an aromatic ring is 2. The minimum Gasteiger partial charge on any atom is -0.290 e. The van der Waals surface area contributed by atoms with Crippen LogP contribution in [0.2, 0.25) is 0 Å². The molecule has 25 heavy (non-hydrogen) atoms. The third kappa shape index (κ3) is 3.39. The molecular weight excluding hydrogens is 320 g/mol. The molecule has 1 aliphatic carbocycles. The van der Waals surface area contributed by atoms with Crippen molar-refractivity contribution in [3.05, 3.63) is 71.3 Å². The molecule has 2 heterocycles. The average molecular weight is 338 g/mol. The molecule has 128 valence electrons. The topological polar surface area (TPSA) is 136 Å². The molecule has 8 nitrogen and oxygen atoms in total. The summed E-state index contributed by atoms with van der Waals surface area (Å²) in [6.07, 6.45) is 8.01. The Morgan fingerprint density at radius 3 is 2.12 bits per heavy atom. The number of aromatic nitrogens is 2. The second kappa shape index (κ2) is 7.20. The number of nitrogens with one attached hydrogen (secondary N) is 2. The Morgan fingerprint density at radius 2 is 1.52 bits per heavy atom. The molecule has 2 unspecified atom stereocenters. The van der Waals surface area contributed by atoms with Crippen molar-refractivity contribution in [1.29, 1.82) is 0 Å². The van der Waals surface area contributed by atoms with Gasteiger partial charge in [-0.25, -0.2) is 11.7 Å². The lowest BCUT2D eigenvalue weighted by atomic mass is 9.88. The van der Waals surface area contributed by atoms with Crippen LogP contribution in [-0.4, -0.2) is 21.8 Å². The van der Waals surface area contributed by atoms with Gasteiger partial charge in [0, 0.05) is 46.7 Å². The van der Waals surface area contributed by atoms with Gasteiger partial charge in [-0.1, -0.05) is 12.2 Å². The molecule has 0 saturated carbocycles. The van der Waals surface area contributed by atoms with Crippen molar-refractivity contribution in [2.24, 2.45) is 11.7 Å². The summed E-state index contributed by atoms with van der Waals surface area (Å²) in [5.74, 6) is 9.62. The molecule has 2 atom stereocenters. The van der Waals surface area contributed by atoms with E-state index in [0.717, 1.165) is 17.8 Å². The second-order valence-corrected chi connectivity index (χ2v) is 5.68. The summed E-state index contributed by atoms with van der Waals surface area (Å²) >= 11 is 0. The predicted molar refractivity (Wildman–Crippen MR) is 91.0 cm³/mol. The van der Waals surface area contributed by atoms with Crippen molar-refractivity contribution in [3.8, 4) is 0 Å². The Bertz CT molecular complexity index is 835. The molecule has 0 bridgehead atoms. The van der Waals surface area contributed by atoms with Gasteiger partial charge >= 0.3 is 0 Å². The van der Waals surface area contributed by atoms with Gasteiger partial charge in [0.1, 0.15) is 0 Å². The molecule has 0 aromatic carbocycles. The third-order valence-corrected chi connectivity index (χ3v) is 4.24. The molecule has 1 aliphatic rings. The van der Waals surface area contributed by atoms with Crippen molar-refractivity contribution < 1.29 is 9.59 Å². The number of carbonyl (C=O) groups excluding carboxylic acids is 2. The van der Waals surface area contributed by atoms with Crippen molar-refractivity contribution >= 4 is 11.8 Å². The number of hydrazine groups is 2. The number of allylic oxidation sites excluding steroid dienone is 2. The Kier molecular flexibility index (Phi) is 4.82. The van der Waals surface area contributed by atoms with Gasteiger partial charge in [0.05, 0.1) is 0 Å². The largest absolute Gasteiger partial charge is 0.290 e. The monoisotopic (exact) mass is 338 g/mol. The first kappa shape index (κ1) is 16.7. The summed E-state index contributed by atoms with van der Waals surface area (Å²) in [7, 11) is 0. The summed E-state index contributed by atoms with van der Waals surface area (Å²) in [4.78, 5) is 32.3. The fourth-order valence-corrected chi connectivity index (χ4v) is 2.99. The highest BCUT2D eigenvalue weighted by Gasteiger charge is 2.29. The molecule has 3 rings (SSSR count). The van der Waals surface area contributed by atoms with Crippen molar-refractivity contribution in [2.45, 2.75) is 18.3 Å². The molecule has 0 fully saturated rings. The zero-order valence-corrected chi connectivity index (χ0v) is 13.3. The number of rotatable bonds is 4. The highest BCUT2D eigenvalue weighted by atomic mass is 16.2. The standard InChI is InChI=1S/C17H18N6O2/c18-22-16(24)10-4-6-20-14(8-10)12-2-1-3-13(12)15-9-11(5-7-21-15)17(25)23-19/h1-2,4-9,12-13H,3,18-19H2,(H,22,24)(H,23,25). The van der Waals surface area contributed by atoms with Gasteiger partial charge in [0.2, 0.25) is 0 Å². The van der Waals surface area contributed by atoms with E-state index in [1.165, 1.54) is 0 Å². The highest BCUT2D eigenvalue weighted by molar-refractivity contribution is 5.94. The second-order valence-electron chi connectivity index (χ2n) is 5.68. The first-order valence-electron chi connectivity index (χ1n) is 7.74. The first-order chi connectivity index (χ1) is 12.1.